The minimum absolute atomic E-state index is 0.401. The molecule has 4 nitrogen and oxygen atoms in total. The van der Waals surface area contributed by atoms with Crippen LogP contribution >= 0.6 is 0 Å². The molecule has 2 rings (SSSR count). The van der Waals surface area contributed by atoms with Crippen LogP contribution in [0.2, 0.25) is 0 Å². The largest absolute Gasteiger partial charge is 0.227 e. The van der Waals surface area contributed by atoms with E-state index in [4.69, 9.17) is 5.26 Å². The highest BCUT2D eigenvalue weighted by atomic mass is 32.2. The van der Waals surface area contributed by atoms with Gasteiger partial charge in [0.2, 0.25) is 10.0 Å². The summed E-state index contributed by atoms with van der Waals surface area (Å²) in [6.07, 6.45) is 3.96. The van der Waals surface area contributed by atoms with E-state index in [1.54, 1.807) is 6.07 Å². The first-order valence-electron chi connectivity index (χ1n) is 7.00. The lowest BCUT2D eigenvalue weighted by molar-refractivity contribution is 0.264. The third-order valence-electron chi connectivity index (χ3n) is 3.90. The number of piperidine rings is 1. The first-order valence-corrected chi connectivity index (χ1v) is 8.61. The second-order valence-corrected chi connectivity index (χ2v) is 7.25. The average molecular weight is 292 g/mol. The Morgan fingerprint density at radius 1 is 1.20 bits per heavy atom. The van der Waals surface area contributed by atoms with Crippen LogP contribution in [-0.2, 0) is 16.4 Å². The molecule has 0 unspecified atom stereocenters. The predicted octanol–water partition coefficient (Wildman–Crippen LogP) is 2.18. The van der Waals surface area contributed by atoms with Gasteiger partial charge in [0.15, 0.2) is 5.75 Å². The number of nitriles is 1. The highest BCUT2D eigenvalue weighted by Gasteiger charge is 2.27. The number of sulfonamides is 1. The maximum atomic E-state index is 11.8. The second-order valence-electron chi connectivity index (χ2n) is 5.28. The molecule has 0 aliphatic carbocycles. The fraction of sp³-hybridized carbons (Fsp3) is 0.533. The molecular weight excluding hydrogens is 272 g/mol. The van der Waals surface area contributed by atoms with E-state index in [1.807, 2.05) is 18.2 Å². The Bertz CT molecular complexity index is 555. The lowest BCUT2D eigenvalue weighted by Gasteiger charge is -2.30. The number of rotatable bonds is 5. The quantitative estimate of drug-likeness (QED) is 0.835. The van der Waals surface area contributed by atoms with Gasteiger partial charge in [-0.1, -0.05) is 30.3 Å². The average Bonchev–Trinajstić information content (AvgIpc) is 2.47. The van der Waals surface area contributed by atoms with E-state index in [1.165, 1.54) is 9.87 Å². The molecule has 0 spiro atoms. The smallest absolute Gasteiger partial charge is 0.211 e. The molecule has 5 heteroatoms. The number of aryl methyl sites for hydroxylation is 1. The predicted molar refractivity (Wildman–Crippen MR) is 78.5 cm³/mol. The molecule has 1 aliphatic heterocycles. The Morgan fingerprint density at radius 2 is 1.85 bits per heavy atom. The minimum atomic E-state index is -3.35. The first-order chi connectivity index (χ1) is 9.62. The molecule has 1 saturated heterocycles. The number of benzene rings is 1. The van der Waals surface area contributed by atoms with Gasteiger partial charge in [0.25, 0.3) is 0 Å². The molecule has 108 valence electrons. The van der Waals surface area contributed by atoms with E-state index >= 15 is 0 Å². The molecule has 1 heterocycles. The van der Waals surface area contributed by atoms with E-state index in [9.17, 15) is 8.42 Å². The fourth-order valence-corrected chi connectivity index (χ4v) is 3.78. The van der Waals surface area contributed by atoms with Crippen LogP contribution in [0, 0.1) is 17.2 Å². The van der Waals surface area contributed by atoms with Crippen molar-refractivity contribution in [1.82, 2.24) is 4.31 Å². The van der Waals surface area contributed by atoms with Crippen LogP contribution in [0.1, 0.15) is 24.8 Å². The van der Waals surface area contributed by atoms with Crippen LogP contribution in [0.25, 0.3) is 0 Å². The van der Waals surface area contributed by atoms with Gasteiger partial charge in [-0.15, -0.1) is 0 Å². The Labute approximate surface area is 121 Å². The third kappa shape index (κ3) is 4.06. The lowest BCUT2D eigenvalue weighted by Crippen LogP contribution is -2.39. The molecule has 0 N–H and O–H groups in total. The molecule has 0 radical (unpaired) electrons. The van der Waals surface area contributed by atoms with Crippen molar-refractivity contribution < 1.29 is 8.42 Å². The van der Waals surface area contributed by atoms with E-state index in [2.05, 4.69) is 12.1 Å². The van der Waals surface area contributed by atoms with Gasteiger partial charge >= 0.3 is 0 Å². The van der Waals surface area contributed by atoms with Gasteiger partial charge in [0, 0.05) is 13.1 Å². The van der Waals surface area contributed by atoms with Gasteiger partial charge in [0.1, 0.15) is 0 Å². The zero-order valence-corrected chi connectivity index (χ0v) is 12.3. The summed E-state index contributed by atoms with van der Waals surface area (Å²) >= 11 is 0. The maximum absolute atomic E-state index is 11.8. The van der Waals surface area contributed by atoms with Crippen molar-refractivity contribution in [3.63, 3.8) is 0 Å². The van der Waals surface area contributed by atoms with Crippen molar-refractivity contribution >= 4 is 10.0 Å². The van der Waals surface area contributed by atoms with Crippen molar-refractivity contribution in [2.45, 2.75) is 25.7 Å². The minimum Gasteiger partial charge on any atom is -0.211 e. The normalized spacial score (nSPS) is 17.8. The van der Waals surface area contributed by atoms with Gasteiger partial charge in [-0.3, -0.25) is 0 Å². The van der Waals surface area contributed by atoms with E-state index in [0.29, 0.717) is 19.0 Å². The van der Waals surface area contributed by atoms with Gasteiger partial charge in [-0.05, 0) is 37.2 Å². The van der Waals surface area contributed by atoms with Crippen molar-refractivity contribution in [2.24, 2.45) is 5.92 Å². The lowest BCUT2D eigenvalue weighted by atomic mass is 9.91. The standard InChI is InChI=1S/C15H20N2O2S/c16-10-13-20(18,19)17-11-8-15(9-12-17)7-6-14-4-2-1-3-5-14/h1-5,15H,6-9,11-13H2. The van der Waals surface area contributed by atoms with Crippen molar-refractivity contribution in [3.8, 4) is 6.07 Å². The third-order valence-corrected chi connectivity index (χ3v) is 5.54. The van der Waals surface area contributed by atoms with Gasteiger partial charge in [-0.2, -0.15) is 5.26 Å². The van der Waals surface area contributed by atoms with Crippen molar-refractivity contribution in [1.29, 1.82) is 5.26 Å². The fourth-order valence-electron chi connectivity index (χ4n) is 2.66. The summed E-state index contributed by atoms with van der Waals surface area (Å²) in [6, 6.07) is 12.1. The molecule has 0 atom stereocenters. The Hall–Kier alpha value is -1.38. The van der Waals surface area contributed by atoms with Gasteiger partial charge in [0.05, 0.1) is 6.07 Å². The molecule has 0 aromatic heterocycles. The molecule has 1 aliphatic rings. The van der Waals surface area contributed by atoms with Gasteiger partial charge < -0.3 is 0 Å². The molecule has 0 amide bonds. The summed E-state index contributed by atoms with van der Waals surface area (Å²) in [6.45, 7) is 1.12. The van der Waals surface area contributed by atoms with Crippen LogP contribution in [0.4, 0.5) is 0 Å². The summed E-state index contributed by atoms with van der Waals surface area (Å²) in [5.74, 6) is 0.186. The zero-order chi connectivity index (χ0) is 14.4. The van der Waals surface area contributed by atoms with Crippen LogP contribution in [0.5, 0.6) is 0 Å². The van der Waals surface area contributed by atoms with Crippen molar-refractivity contribution in [3.05, 3.63) is 35.9 Å². The molecule has 1 fully saturated rings. The van der Waals surface area contributed by atoms with Gasteiger partial charge in [-0.25, -0.2) is 12.7 Å². The monoisotopic (exact) mass is 292 g/mol. The first kappa shape index (κ1) is 15.0. The van der Waals surface area contributed by atoms with E-state index in [-0.39, 0.29) is 0 Å². The molecule has 0 saturated carbocycles. The second kappa shape index (κ2) is 6.87. The van der Waals surface area contributed by atoms with E-state index in [0.717, 1.165) is 25.7 Å². The molecule has 1 aromatic rings. The molecule has 0 bridgehead atoms. The molecule has 1 aromatic carbocycles. The summed E-state index contributed by atoms with van der Waals surface area (Å²) in [4.78, 5) is 0. The van der Waals surface area contributed by atoms with Crippen LogP contribution in [-0.4, -0.2) is 31.6 Å². The maximum Gasteiger partial charge on any atom is 0.227 e. The van der Waals surface area contributed by atoms with Crippen LogP contribution < -0.4 is 0 Å². The molecule has 20 heavy (non-hydrogen) atoms. The molecular formula is C15H20N2O2S. The number of nitrogens with zero attached hydrogens (tertiary/aromatic N) is 2. The summed E-state index contributed by atoms with van der Waals surface area (Å²) in [5.41, 5.74) is 1.34. The number of hydrogen-bond donors (Lipinski definition) is 0. The number of hydrogen-bond acceptors (Lipinski definition) is 3. The zero-order valence-electron chi connectivity index (χ0n) is 11.5. The topological polar surface area (TPSA) is 61.2 Å². The highest BCUT2D eigenvalue weighted by Crippen LogP contribution is 2.24. The van der Waals surface area contributed by atoms with Crippen LogP contribution in [0.15, 0.2) is 30.3 Å². The Kier molecular flexibility index (Phi) is 5.16. The highest BCUT2D eigenvalue weighted by molar-refractivity contribution is 7.89. The summed E-state index contributed by atoms with van der Waals surface area (Å²) in [7, 11) is -3.35. The summed E-state index contributed by atoms with van der Waals surface area (Å²) < 4.78 is 25.0. The van der Waals surface area contributed by atoms with E-state index < -0.39 is 15.8 Å². The Balaban J connectivity index is 1.79. The Morgan fingerprint density at radius 3 is 2.45 bits per heavy atom. The van der Waals surface area contributed by atoms with Crippen LogP contribution in [0.3, 0.4) is 0 Å². The SMILES string of the molecule is N#CCS(=O)(=O)N1CCC(CCc2ccccc2)CC1. The van der Waals surface area contributed by atoms with Crippen molar-refractivity contribution in [2.75, 3.05) is 18.8 Å². The summed E-state index contributed by atoms with van der Waals surface area (Å²) in [5, 5.41) is 8.54.